The van der Waals surface area contributed by atoms with Gasteiger partial charge in [0.2, 0.25) is 5.91 Å². The summed E-state index contributed by atoms with van der Waals surface area (Å²) < 4.78 is 5.46. The number of carboxylic acid groups (broad SMARTS) is 1. The van der Waals surface area contributed by atoms with Crippen LogP contribution in [0.25, 0.3) is 0 Å². The molecule has 1 aromatic heterocycles. The molecule has 5 nitrogen and oxygen atoms in total. The Morgan fingerprint density at radius 2 is 2.21 bits per heavy atom. The van der Waals surface area contributed by atoms with Gasteiger partial charge in [0, 0.05) is 18.4 Å². The Balaban J connectivity index is 2.04. The minimum absolute atomic E-state index is 0.0133. The number of fused-ring (bicyclic) bond motifs is 1. The molecule has 1 heterocycles. The highest BCUT2D eigenvalue weighted by Crippen LogP contribution is 2.41. The number of aliphatic carboxylic acids is 1. The number of carbonyl (C=O) groups is 2. The molecule has 0 bridgehead atoms. The molecule has 1 aliphatic rings. The topological polar surface area (TPSA) is 79.5 Å². The summed E-state index contributed by atoms with van der Waals surface area (Å²) in [6.45, 7) is 4.27. The molecule has 0 unspecified atom stereocenters. The molecule has 0 fully saturated rings. The molecule has 1 aliphatic carbocycles. The van der Waals surface area contributed by atoms with Crippen LogP contribution in [0.5, 0.6) is 0 Å². The molecule has 0 aromatic carbocycles. The first kappa shape index (κ1) is 13.6. The molecule has 1 atom stereocenters. The highest BCUT2D eigenvalue weighted by Gasteiger charge is 2.34. The van der Waals surface area contributed by atoms with Crippen molar-refractivity contribution < 1.29 is 19.1 Å². The van der Waals surface area contributed by atoms with Gasteiger partial charge in [-0.25, -0.2) is 0 Å². The van der Waals surface area contributed by atoms with Crippen molar-refractivity contribution in [2.75, 3.05) is 0 Å². The molecule has 19 heavy (non-hydrogen) atoms. The fourth-order valence-corrected chi connectivity index (χ4v) is 2.59. The van der Waals surface area contributed by atoms with Crippen LogP contribution in [0.3, 0.4) is 0 Å². The first-order valence-corrected chi connectivity index (χ1v) is 6.45. The average Bonchev–Trinajstić information content (AvgIpc) is 2.72. The van der Waals surface area contributed by atoms with Crippen LogP contribution >= 0.6 is 0 Å². The fourth-order valence-electron chi connectivity index (χ4n) is 2.59. The minimum Gasteiger partial charge on any atom is -0.481 e. The van der Waals surface area contributed by atoms with Gasteiger partial charge in [0.25, 0.3) is 0 Å². The second kappa shape index (κ2) is 5.07. The second-order valence-electron chi connectivity index (χ2n) is 5.86. The van der Waals surface area contributed by atoms with Crippen molar-refractivity contribution in [2.24, 2.45) is 5.41 Å². The summed E-state index contributed by atoms with van der Waals surface area (Å²) in [5, 5.41) is 11.5. The summed E-state index contributed by atoms with van der Waals surface area (Å²) in [5.41, 5.74) is 1.08. The molecule has 2 N–H and O–H groups in total. The lowest BCUT2D eigenvalue weighted by molar-refractivity contribution is -0.139. The molecule has 1 aromatic rings. The van der Waals surface area contributed by atoms with Gasteiger partial charge in [-0.2, -0.15) is 0 Å². The molecule has 0 spiro atoms. The van der Waals surface area contributed by atoms with Crippen LogP contribution in [-0.2, 0) is 16.0 Å². The van der Waals surface area contributed by atoms with Gasteiger partial charge in [-0.1, -0.05) is 13.8 Å². The van der Waals surface area contributed by atoms with Crippen LogP contribution in [0.15, 0.2) is 16.7 Å². The average molecular weight is 265 g/mol. The number of furan rings is 1. The lowest BCUT2D eigenvalue weighted by atomic mass is 9.75. The van der Waals surface area contributed by atoms with Crippen molar-refractivity contribution in [1.82, 2.24) is 5.32 Å². The third-order valence-electron chi connectivity index (χ3n) is 3.45. The van der Waals surface area contributed by atoms with Gasteiger partial charge < -0.3 is 14.8 Å². The molecule has 5 heteroatoms. The van der Waals surface area contributed by atoms with Crippen molar-refractivity contribution in [3.05, 3.63) is 23.7 Å². The molecule has 0 saturated heterocycles. The van der Waals surface area contributed by atoms with E-state index in [-0.39, 0.29) is 30.2 Å². The number of carbonyl (C=O) groups excluding carboxylic acids is 1. The fraction of sp³-hybridized carbons (Fsp3) is 0.571. The number of carboxylic acids is 1. The van der Waals surface area contributed by atoms with Crippen LogP contribution in [-0.4, -0.2) is 17.0 Å². The Kier molecular flexibility index (Phi) is 3.64. The van der Waals surface area contributed by atoms with E-state index in [1.807, 2.05) is 6.07 Å². The van der Waals surface area contributed by atoms with Gasteiger partial charge in [0.15, 0.2) is 0 Å². The van der Waals surface area contributed by atoms with E-state index < -0.39 is 5.97 Å². The number of rotatable bonds is 4. The van der Waals surface area contributed by atoms with Gasteiger partial charge in [-0.3, -0.25) is 9.59 Å². The zero-order valence-corrected chi connectivity index (χ0v) is 11.2. The van der Waals surface area contributed by atoms with Gasteiger partial charge in [-0.05, 0) is 17.9 Å². The monoisotopic (exact) mass is 265 g/mol. The Bertz CT molecular complexity index is 489. The smallest absolute Gasteiger partial charge is 0.303 e. The number of nitrogens with one attached hydrogen (secondary N) is 1. The van der Waals surface area contributed by atoms with Crippen LogP contribution in [0.2, 0.25) is 0 Å². The molecule has 1 amide bonds. The Hall–Kier alpha value is -1.78. The number of hydrogen-bond donors (Lipinski definition) is 2. The van der Waals surface area contributed by atoms with Crippen molar-refractivity contribution in [3.8, 4) is 0 Å². The minimum atomic E-state index is -0.955. The highest BCUT2D eigenvalue weighted by molar-refractivity contribution is 5.81. The SMILES string of the molecule is CC1(C)Cc2occc2[C@H](NC(=O)CCC(=O)O)C1. The largest absolute Gasteiger partial charge is 0.481 e. The Morgan fingerprint density at radius 1 is 1.47 bits per heavy atom. The second-order valence-corrected chi connectivity index (χ2v) is 5.86. The quantitative estimate of drug-likeness (QED) is 0.875. The summed E-state index contributed by atoms with van der Waals surface area (Å²) in [6.07, 6.45) is 3.21. The van der Waals surface area contributed by atoms with E-state index in [2.05, 4.69) is 19.2 Å². The van der Waals surface area contributed by atoms with E-state index >= 15 is 0 Å². The van der Waals surface area contributed by atoms with E-state index in [1.165, 1.54) is 0 Å². The maximum absolute atomic E-state index is 11.8. The lowest BCUT2D eigenvalue weighted by Crippen LogP contribution is -2.36. The molecule has 104 valence electrons. The first-order chi connectivity index (χ1) is 8.87. The summed E-state index contributed by atoms with van der Waals surface area (Å²) in [6, 6.07) is 1.80. The number of amides is 1. The first-order valence-electron chi connectivity index (χ1n) is 6.45. The lowest BCUT2D eigenvalue weighted by Gasteiger charge is -2.34. The van der Waals surface area contributed by atoms with Crippen molar-refractivity contribution in [2.45, 2.75) is 45.6 Å². The third-order valence-corrected chi connectivity index (χ3v) is 3.45. The molecular formula is C14H19NO4. The standard InChI is InChI=1S/C14H19NO4/c1-14(2)7-10(9-5-6-19-11(9)8-14)15-12(16)3-4-13(17)18/h5-6,10H,3-4,7-8H2,1-2H3,(H,15,16)(H,17,18)/t10-/m1/s1. The molecular weight excluding hydrogens is 246 g/mol. The summed E-state index contributed by atoms with van der Waals surface area (Å²) in [4.78, 5) is 22.2. The van der Waals surface area contributed by atoms with Gasteiger partial charge >= 0.3 is 5.97 Å². The van der Waals surface area contributed by atoms with E-state index in [4.69, 9.17) is 9.52 Å². The van der Waals surface area contributed by atoms with Crippen molar-refractivity contribution >= 4 is 11.9 Å². The molecule has 0 saturated carbocycles. The predicted octanol–water partition coefficient (Wildman–Crippen LogP) is 2.27. The highest BCUT2D eigenvalue weighted by atomic mass is 16.4. The zero-order valence-electron chi connectivity index (χ0n) is 11.2. The van der Waals surface area contributed by atoms with Crippen LogP contribution in [0.1, 0.15) is 50.5 Å². The van der Waals surface area contributed by atoms with Gasteiger partial charge in [-0.15, -0.1) is 0 Å². The summed E-state index contributed by atoms with van der Waals surface area (Å²) in [7, 11) is 0. The van der Waals surface area contributed by atoms with Crippen LogP contribution in [0, 0.1) is 5.41 Å². The Labute approximate surface area is 112 Å². The molecule has 2 rings (SSSR count). The predicted molar refractivity (Wildman–Crippen MR) is 68.6 cm³/mol. The van der Waals surface area contributed by atoms with Crippen molar-refractivity contribution in [1.29, 1.82) is 0 Å². The maximum atomic E-state index is 11.8. The van der Waals surface area contributed by atoms with Crippen LogP contribution in [0.4, 0.5) is 0 Å². The summed E-state index contributed by atoms with van der Waals surface area (Å²) in [5.74, 6) is -0.264. The van der Waals surface area contributed by atoms with Crippen LogP contribution < -0.4 is 5.32 Å². The number of hydrogen-bond acceptors (Lipinski definition) is 3. The zero-order chi connectivity index (χ0) is 14.0. The van der Waals surface area contributed by atoms with E-state index in [9.17, 15) is 9.59 Å². The third kappa shape index (κ3) is 3.36. The van der Waals surface area contributed by atoms with Gasteiger partial charge in [0.1, 0.15) is 5.76 Å². The van der Waals surface area contributed by atoms with E-state index in [1.54, 1.807) is 6.26 Å². The van der Waals surface area contributed by atoms with Gasteiger partial charge in [0.05, 0.1) is 18.7 Å². The summed E-state index contributed by atoms with van der Waals surface area (Å²) >= 11 is 0. The molecule has 0 aliphatic heterocycles. The molecule has 0 radical (unpaired) electrons. The Morgan fingerprint density at radius 3 is 2.89 bits per heavy atom. The van der Waals surface area contributed by atoms with E-state index in [0.29, 0.717) is 0 Å². The van der Waals surface area contributed by atoms with Crippen molar-refractivity contribution in [3.63, 3.8) is 0 Å². The normalized spacial score (nSPS) is 20.6. The maximum Gasteiger partial charge on any atom is 0.303 e. The van der Waals surface area contributed by atoms with E-state index in [0.717, 1.165) is 24.2 Å².